The lowest BCUT2D eigenvalue weighted by atomic mass is 10.2. The van der Waals surface area contributed by atoms with Crippen molar-refractivity contribution in [1.29, 1.82) is 0 Å². The van der Waals surface area contributed by atoms with E-state index < -0.39 is 20.7 Å². The number of nitrogens with zero attached hydrogens (tertiary/aromatic N) is 1. The summed E-state index contributed by atoms with van der Waals surface area (Å²) >= 11 is 0. The SMILES string of the molecule is O=S(=O)(N=S(Cc1ccccc1)Cc1ccccc1)c1ccccc1. The maximum absolute atomic E-state index is 12.7. The highest BCUT2D eigenvalue weighted by Gasteiger charge is 2.14. The summed E-state index contributed by atoms with van der Waals surface area (Å²) in [7, 11) is -4.32. The van der Waals surface area contributed by atoms with E-state index in [9.17, 15) is 8.42 Å². The standard InChI is InChI=1S/C20H19NO2S2/c22-25(23,20-14-8-3-9-15-20)21-24(16-18-10-4-1-5-11-18)17-19-12-6-2-7-13-19/h1-15H,16-17H2. The molecule has 0 aliphatic carbocycles. The van der Waals surface area contributed by atoms with Crippen LogP contribution in [0.2, 0.25) is 0 Å². The van der Waals surface area contributed by atoms with Crippen LogP contribution >= 0.6 is 0 Å². The Labute approximate surface area is 151 Å². The minimum absolute atomic E-state index is 0.244. The van der Waals surface area contributed by atoms with Gasteiger partial charge in [-0.15, -0.1) is 3.77 Å². The normalized spacial score (nSPS) is 11.4. The highest BCUT2D eigenvalue weighted by molar-refractivity contribution is 7.99. The molecule has 0 fully saturated rings. The Balaban J connectivity index is 1.95. The molecule has 0 bridgehead atoms. The molecular weight excluding hydrogens is 350 g/mol. The van der Waals surface area contributed by atoms with Gasteiger partial charge in [0, 0.05) is 11.5 Å². The van der Waals surface area contributed by atoms with Gasteiger partial charge < -0.3 is 0 Å². The molecule has 0 aliphatic rings. The van der Waals surface area contributed by atoms with Gasteiger partial charge in [0.05, 0.1) is 4.90 Å². The topological polar surface area (TPSA) is 46.5 Å². The summed E-state index contributed by atoms with van der Waals surface area (Å²) in [5.41, 5.74) is 2.18. The fraction of sp³-hybridized carbons (Fsp3) is 0.100. The first-order valence-corrected chi connectivity index (χ1v) is 10.9. The van der Waals surface area contributed by atoms with Crippen LogP contribution in [0.3, 0.4) is 0 Å². The first-order chi connectivity index (χ1) is 12.1. The van der Waals surface area contributed by atoms with E-state index in [1.54, 1.807) is 30.3 Å². The number of hydrogen-bond donors (Lipinski definition) is 0. The molecule has 5 heteroatoms. The monoisotopic (exact) mass is 369 g/mol. The van der Waals surface area contributed by atoms with Gasteiger partial charge in [-0.05, 0) is 23.3 Å². The Kier molecular flexibility index (Phi) is 5.79. The summed E-state index contributed by atoms with van der Waals surface area (Å²) in [6, 6.07) is 28.2. The molecule has 0 amide bonds. The lowest BCUT2D eigenvalue weighted by molar-refractivity contribution is 0.598. The summed E-state index contributed by atoms with van der Waals surface area (Å²) in [6.07, 6.45) is 0. The maximum atomic E-state index is 12.7. The molecule has 3 aromatic rings. The van der Waals surface area contributed by atoms with Gasteiger partial charge in [-0.25, -0.2) is 0 Å². The number of benzene rings is 3. The van der Waals surface area contributed by atoms with Crippen molar-refractivity contribution in [3.8, 4) is 0 Å². The van der Waals surface area contributed by atoms with Crippen LogP contribution in [0.25, 0.3) is 0 Å². The number of hydrogen-bond acceptors (Lipinski definition) is 2. The molecule has 128 valence electrons. The van der Waals surface area contributed by atoms with Gasteiger partial charge in [0.1, 0.15) is 0 Å². The highest BCUT2D eigenvalue weighted by atomic mass is 32.3. The first-order valence-electron chi connectivity index (χ1n) is 7.92. The van der Waals surface area contributed by atoms with E-state index in [0.29, 0.717) is 11.5 Å². The molecule has 0 unspecified atom stereocenters. The van der Waals surface area contributed by atoms with E-state index >= 15 is 0 Å². The molecule has 0 radical (unpaired) electrons. The quantitative estimate of drug-likeness (QED) is 0.638. The van der Waals surface area contributed by atoms with Crippen LogP contribution in [0.15, 0.2) is 99.7 Å². The van der Waals surface area contributed by atoms with Gasteiger partial charge in [0.25, 0.3) is 10.0 Å². The predicted octanol–water partition coefficient (Wildman–Crippen LogP) is 4.58. The second-order valence-corrected chi connectivity index (χ2v) is 9.10. The predicted molar refractivity (Wildman–Crippen MR) is 104 cm³/mol. The first kappa shape index (κ1) is 17.6. The van der Waals surface area contributed by atoms with Gasteiger partial charge >= 0.3 is 0 Å². The second kappa shape index (κ2) is 8.23. The van der Waals surface area contributed by atoms with Crippen LogP contribution < -0.4 is 0 Å². The largest absolute Gasteiger partial charge is 0.287 e. The van der Waals surface area contributed by atoms with Crippen LogP contribution in [-0.4, -0.2) is 8.42 Å². The zero-order valence-corrected chi connectivity index (χ0v) is 15.3. The molecule has 3 aromatic carbocycles. The van der Waals surface area contributed by atoms with E-state index in [2.05, 4.69) is 3.77 Å². The Morgan fingerprint density at radius 3 is 1.48 bits per heavy atom. The highest BCUT2D eigenvalue weighted by Crippen LogP contribution is 2.17. The van der Waals surface area contributed by atoms with E-state index in [1.165, 1.54) is 0 Å². The molecule has 0 heterocycles. The second-order valence-electron chi connectivity index (χ2n) is 5.58. The molecule has 0 atom stereocenters. The lowest BCUT2D eigenvalue weighted by Crippen LogP contribution is -2.05. The van der Waals surface area contributed by atoms with Crippen molar-refractivity contribution in [2.75, 3.05) is 0 Å². The third kappa shape index (κ3) is 5.11. The zero-order valence-electron chi connectivity index (χ0n) is 13.7. The molecule has 0 saturated carbocycles. The minimum atomic E-state index is -3.66. The average molecular weight is 370 g/mol. The smallest absolute Gasteiger partial charge is 0.199 e. The fourth-order valence-corrected chi connectivity index (χ4v) is 6.04. The molecule has 3 rings (SSSR count). The van der Waals surface area contributed by atoms with Crippen molar-refractivity contribution in [2.24, 2.45) is 3.77 Å². The van der Waals surface area contributed by atoms with Gasteiger partial charge in [-0.1, -0.05) is 89.6 Å². The lowest BCUT2D eigenvalue weighted by Gasteiger charge is -2.09. The van der Waals surface area contributed by atoms with Gasteiger partial charge in [0.15, 0.2) is 0 Å². The maximum Gasteiger partial charge on any atom is 0.287 e. The Bertz CT molecular complexity index is 895. The Morgan fingerprint density at radius 1 is 0.640 bits per heavy atom. The zero-order chi connectivity index (χ0) is 17.5. The summed E-state index contributed by atoms with van der Waals surface area (Å²) in [6.45, 7) is 0. The Hall–Kier alpha value is -2.24. The van der Waals surface area contributed by atoms with Crippen LogP contribution in [-0.2, 0) is 32.2 Å². The minimum Gasteiger partial charge on any atom is -0.199 e. The molecule has 3 nitrogen and oxygen atoms in total. The van der Waals surface area contributed by atoms with Crippen molar-refractivity contribution in [2.45, 2.75) is 16.4 Å². The Morgan fingerprint density at radius 2 is 1.04 bits per heavy atom. The van der Waals surface area contributed by atoms with Gasteiger partial charge in [0.2, 0.25) is 0 Å². The van der Waals surface area contributed by atoms with Crippen LogP contribution in [0.5, 0.6) is 0 Å². The van der Waals surface area contributed by atoms with Crippen molar-refractivity contribution >= 4 is 20.7 Å². The number of rotatable bonds is 6. The molecule has 0 aromatic heterocycles. The van der Waals surface area contributed by atoms with Crippen LogP contribution in [0.1, 0.15) is 11.1 Å². The molecular formula is C20H19NO2S2. The summed E-state index contributed by atoms with van der Waals surface area (Å²) in [5, 5.41) is 0. The van der Waals surface area contributed by atoms with E-state index in [1.807, 2.05) is 60.7 Å². The summed E-state index contributed by atoms with van der Waals surface area (Å²) in [5.74, 6) is 1.23. The van der Waals surface area contributed by atoms with Crippen molar-refractivity contribution in [3.05, 3.63) is 102 Å². The fourth-order valence-electron chi connectivity index (χ4n) is 2.41. The molecule has 0 aliphatic heterocycles. The number of sulfonamides is 1. The molecule has 0 saturated heterocycles. The van der Waals surface area contributed by atoms with Crippen LogP contribution in [0.4, 0.5) is 0 Å². The van der Waals surface area contributed by atoms with Crippen molar-refractivity contribution < 1.29 is 8.42 Å². The summed E-state index contributed by atoms with van der Waals surface area (Å²) in [4.78, 5) is 0.244. The van der Waals surface area contributed by atoms with E-state index in [-0.39, 0.29) is 4.90 Å². The molecule has 25 heavy (non-hydrogen) atoms. The molecule has 0 spiro atoms. The van der Waals surface area contributed by atoms with Gasteiger partial charge in [-0.2, -0.15) is 8.42 Å². The van der Waals surface area contributed by atoms with E-state index in [4.69, 9.17) is 0 Å². The third-order valence-electron chi connectivity index (χ3n) is 3.60. The molecule has 0 N–H and O–H groups in total. The third-order valence-corrected chi connectivity index (χ3v) is 7.43. The average Bonchev–Trinajstić information content (AvgIpc) is 2.64. The van der Waals surface area contributed by atoms with E-state index in [0.717, 1.165) is 11.1 Å². The summed E-state index contributed by atoms with van der Waals surface area (Å²) < 4.78 is 29.6. The van der Waals surface area contributed by atoms with Crippen LogP contribution in [0, 0.1) is 0 Å². The van der Waals surface area contributed by atoms with Crippen molar-refractivity contribution in [1.82, 2.24) is 0 Å². The van der Waals surface area contributed by atoms with Gasteiger partial charge in [-0.3, -0.25) is 0 Å². The van der Waals surface area contributed by atoms with Crippen molar-refractivity contribution in [3.63, 3.8) is 0 Å².